The number of allylic oxidation sites excluding steroid dienone is 1. The van der Waals surface area contributed by atoms with Crippen molar-refractivity contribution in [3.63, 3.8) is 0 Å². The SMILES string of the molecule is CCCCCC=CCOc1cnc(-c2ccc(CCCCCOCCCC)cc2)nc1. The molecular weight excluding hydrogens is 384 g/mol. The van der Waals surface area contributed by atoms with E-state index in [-0.39, 0.29) is 0 Å². The third-order valence-electron chi connectivity index (χ3n) is 5.22. The molecule has 170 valence electrons. The first-order valence-electron chi connectivity index (χ1n) is 12.1. The number of hydrogen-bond donors (Lipinski definition) is 0. The second-order valence-electron chi connectivity index (χ2n) is 7.99. The number of unbranched alkanes of at least 4 members (excludes halogenated alkanes) is 6. The van der Waals surface area contributed by atoms with Crippen molar-refractivity contribution in [1.29, 1.82) is 0 Å². The van der Waals surface area contributed by atoms with Gasteiger partial charge in [0.15, 0.2) is 11.6 Å². The van der Waals surface area contributed by atoms with E-state index in [9.17, 15) is 0 Å². The van der Waals surface area contributed by atoms with E-state index in [1.165, 1.54) is 50.5 Å². The molecule has 1 aromatic carbocycles. The third kappa shape index (κ3) is 11.1. The Balaban J connectivity index is 1.66. The largest absolute Gasteiger partial charge is 0.486 e. The van der Waals surface area contributed by atoms with Gasteiger partial charge in [0.2, 0.25) is 0 Å². The number of aromatic nitrogens is 2. The number of aryl methyl sites for hydroxylation is 1. The summed E-state index contributed by atoms with van der Waals surface area (Å²) in [6.07, 6.45) is 19.7. The Morgan fingerprint density at radius 2 is 1.52 bits per heavy atom. The van der Waals surface area contributed by atoms with Crippen LogP contribution in [0.3, 0.4) is 0 Å². The Morgan fingerprint density at radius 1 is 0.774 bits per heavy atom. The van der Waals surface area contributed by atoms with Gasteiger partial charge < -0.3 is 9.47 Å². The first kappa shape index (κ1) is 25.1. The number of hydrogen-bond acceptors (Lipinski definition) is 4. The van der Waals surface area contributed by atoms with Crippen LogP contribution < -0.4 is 4.74 Å². The van der Waals surface area contributed by atoms with Gasteiger partial charge in [0.05, 0.1) is 12.4 Å². The summed E-state index contributed by atoms with van der Waals surface area (Å²) in [7, 11) is 0. The summed E-state index contributed by atoms with van der Waals surface area (Å²) in [5.41, 5.74) is 2.40. The zero-order valence-electron chi connectivity index (χ0n) is 19.5. The van der Waals surface area contributed by atoms with Crippen molar-refractivity contribution in [2.75, 3.05) is 19.8 Å². The van der Waals surface area contributed by atoms with Gasteiger partial charge in [-0.05, 0) is 44.1 Å². The van der Waals surface area contributed by atoms with Gasteiger partial charge in [0, 0.05) is 18.8 Å². The van der Waals surface area contributed by atoms with Crippen molar-refractivity contribution < 1.29 is 9.47 Å². The fraction of sp³-hybridized carbons (Fsp3) is 0.556. The average Bonchev–Trinajstić information content (AvgIpc) is 2.81. The standard InChI is InChI=1S/C27H40N2O2/c1-3-5-7-8-9-13-21-31-26-22-28-27(29-23-26)25-17-15-24(16-18-25)14-11-10-12-20-30-19-6-4-2/h9,13,15-18,22-23H,3-8,10-12,14,19-21H2,1-2H3. The van der Waals surface area contributed by atoms with Crippen molar-refractivity contribution in [1.82, 2.24) is 9.97 Å². The van der Waals surface area contributed by atoms with Crippen molar-refractivity contribution in [3.05, 3.63) is 54.4 Å². The second kappa shape index (κ2) is 16.5. The van der Waals surface area contributed by atoms with Gasteiger partial charge in [-0.2, -0.15) is 0 Å². The Bertz CT molecular complexity index is 711. The molecule has 0 aliphatic rings. The summed E-state index contributed by atoms with van der Waals surface area (Å²) < 4.78 is 11.3. The zero-order chi connectivity index (χ0) is 22.0. The predicted octanol–water partition coefficient (Wildman–Crippen LogP) is 7.19. The maximum atomic E-state index is 5.69. The minimum absolute atomic E-state index is 0.564. The van der Waals surface area contributed by atoms with Gasteiger partial charge >= 0.3 is 0 Å². The van der Waals surface area contributed by atoms with E-state index in [4.69, 9.17) is 9.47 Å². The molecule has 0 unspecified atom stereocenters. The Labute approximate surface area is 189 Å². The molecule has 0 atom stereocenters. The summed E-state index contributed by atoms with van der Waals surface area (Å²) in [6, 6.07) is 8.59. The third-order valence-corrected chi connectivity index (χ3v) is 5.22. The van der Waals surface area contributed by atoms with Crippen LogP contribution in [0.2, 0.25) is 0 Å². The second-order valence-corrected chi connectivity index (χ2v) is 7.99. The van der Waals surface area contributed by atoms with Crippen molar-refractivity contribution >= 4 is 0 Å². The quantitative estimate of drug-likeness (QED) is 0.199. The van der Waals surface area contributed by atoms with Crippen LogP contribution in [-0.4, -0.2) is 29.8 Å². The molecule has 2 aromatic rings. The van der Waals surface area contributed by atoms with Crippen LogP contribution in [0.5, 0.6) is 5.75 Å². The van der Waals surface area contributed by atoms with Crippen molar-refractivity contribution in [3.8, 4) is 17.1 Å². The molecular formula is C27H40N2O2. The number of benzene rings is 1. The lowest BCUT2D eigenvalue weighted by atomic mass is 10.0. The molecule has 0 spiro atoms. The lowest BCUT2D eigenvalue weighted by Crippen LogP contribution is -1.97. The molecule has 0 amide bonds. The number of nitrogens with zero attached hydrogens (tertiary/aromatic N) is 2. The molecule has 0 aliphatic heterocycles. The van der Waals surface area contributed by atoms with E-state index < -0.39 is 0 Å². The number of ether oxygens (including phenoxy) is 2. The Kier molecular flexibility index (Phi) is 13.3. The smallest absolute Gasteiger partial charge is 0.159 e. The maximum absolute atomic E-state index is 5.69. The van der Waals surface area contributed by atoms with Crippen molar-refractivity contribution in [2.45, 2.75) is 78.1 Å². The predicted molar refractivity (Wildman–Crippen MR) is 130 cm³/mol. The molecule has 0 N–H and O–H groups in total. The first-order chi connectivity index (χ1) is 15.3. The summed E-state index contributed by atoms with van der Waals surface area (Å²) in [4.78, 5) is 8.92. The highest BCUT2D eigenvalue weighted by atomic mass is 16.5. The monoisotopic (exact) mass is 424 g/mol. The fourth-order valence-electron chi connectivity index (χ4n) is 3.26. The van der Waals surface area contributed by atoms with E-state index in [1.807, 2.05) is 0 Å². The van der Waals surface area contributed by atoms with Crippen LogP contribution >= 0.6 is 0 Å². The highest BCUT2D eigenvalue weighted by Crippen LogP contribution is 2.18. The summed E-state index contributed by atoms with van der Waals surface area (Å²) >= 11 is 0. The van der Waals surface area contributed by atoms with Crippen LogP contribution in [0.1, 0.15) is 77.2 Å². The molecule has 1 heterocycles. The van der Waals surface area contributed by atoms with Crippen LogP contribution in [0.25, 0.3) is 11.4 Å². The molecule has 1 aromatic heterocycles. The summed E-state index contributed by atoms with van der Waals surface area (Å²) in [5, 5.41) is 0. The molecule has 0 saturated heterocycles. The van der Waals surface area contributed by atoms with Gasteiger partial charge in [-0.1, -0.05) is 75.9 Å². The van der Waals surface area contributed by atoms with Crippen LogP contribution in [-0.2, 0) is 11.2 Å². The van der Waals surface area contributed by atoms with E-state index in [0.29, 0.717) is 12.4 Å². The minimum Gasteiger partial charge on any atom is -0.486 e. The molecule has 0 radical (unpaired) electrons. The molecule has 0 fully saturated rings. The van der Waals surface area contributed by atoms with Gasteiger partial charge in [-0.25, -0.2) is 9.97 Å². The maximum Gasteiger partial charge on any atom is 0.159 e. The minimum atomic E-state index is 0.564. The van der Waals surface area contributed by atoms with Gasteiger partial charge in [0.25, 0.3) is 0 Å². The topological polar surface area (TPSA) is 44.2 Å². The van der Waals surface area contributed by atoms with E-state index in [0.717, 1.165) is 43.9 Å². The van der Waals surface area contributed by atoms with Crippen LogP contribution in [0, 0.1) is 0 Å². The first-order valence-corrected chi connectivity index (χ1v) is 12.1. The number of rotatable bonds is 17. The lowest BCUT2D eigenvalue weighted by Gasteiger charge is -2.06. The average molecular weight is 425 g/mol. The van der Waals surface area contributed by atoms with E-state index in [2.05, 4.69) is 60.2 Å². The summed E-state index contributed by atoms with van der Waals surface area (Å²) in [6.45, 7) is 6.78. The molecule has 4 nitrogen and oxygen atoms in total. The Hall–Kier alpha value is -2.20. The molecule has 2 rings (SSSR count). The molecule has 4 heteroatoms. The molecule has 0 saturated carbocycles. The molecule has 0 aliphatic carbocycles. The lowest BCUT2D eigenvalue weighted by molar-refractivity contribution is 0.127. The summed E-state index contributed by atoms with van der Waals surface area (Å²) in [5.74, 6) is 1.44. The fourth-order valence-corrected chi connectivity index (χ4v) is 3.26. The van der Waals surface area contributed by atoms with Crippen LogP contribution in [0.15, 0.2) is 48.8 Å². The zero-order valence-corrected chi connectivity index (χ0v) is 19.5. The highest BCUT2D eigenvalue weighted by Gasteiger charge is 2.03. The normalized spacial score (nSPS) is 11.3. The van der Waals surface area contributed by atoms with Gasteiger partial charge in [-0.15, -0.1) is 0 Å². The van der Waals surface area contributed by atoms with Crippen LogP contribution in [0.4, 0.5) is 0 Å². The molecule has 31 heavy (non-hydrogen) atoms. The van der Waals surface area contributed by atoms with E-state index >= 15 is 0 Å². The van der Waals surface area contributed by atoms with Gasteiger partial charge in [-0.3, -0.25) is 0 Å². The Morgan fingerprint density at radius 3 is 2.26 bits per heavy atom. The van der Waals surface area contributed by atoms with E-state index in [1.54, 1.807) is 12.4 Å². The van der Waals surface area contributed by atoms with Crippen molar-refractivity contribution in [2.24, 2.45) is 0 Å². The highest BCUT2D eigenvalue weighted by molar-refractivity contribution is 5.55. The molecule has 0 bridgehead atoms. The van der Waals surface area contributed by atoms with Gasteiger partial charge in [0.1, 0.15) is 6.61 Å².